The number of nitro benzene ring substituents is 1. The fourth-order valence-electron chi connectivity index (χ4n) is 4.64. The number of carbonyl (C=O) groups is 2. The summed E-state index contributed by atoms with van der Waals surface area (Å²) >= 11 is 0. The van der Waals surface area contributed by atoms with E-state index in [1.807, 2.05) is 36.4 Å². The minimum atomic E-state index is -0.629. The zero-order valence-corrected chi connectivity index (χ0v) is 17.1. The van der Waals surface area contributed by atoms with Crippen LogP contribution in [0.25, 0.3) is 0 Å². The molecular weight excluding hydrogens is 390 g/mol. The summed E-state index contributed by atoms with van der Waals surface area (Å²) in [5.74, 6) is -0.782. The molecule has 0 N–H and O–H groups in total. The Morgan fingerprint density at radius 3 is 1.94 bits per heavy atom. The molecule has 3 aromatic carbocycles. The molecule has 31 heavy (non-hydrogen) atoms. The normalized spacial score (nSPS) is 17.8. The highest BCUT2D eigenvalue weighted by Gasteiger charge is 2.44. The third-order valence-corrected chi connectivity index (χ3v) is 6.29. The van der Waals surface area contributed by atoms with Crippen LogP contribution in [0.3, 0.4) is 0 Å². The Kier molecular flexibility index (Phi) is 5.76. The Labute approximate surface area is 180 Å². The third-order valence-electron chi connectivity index (χ3n) is 6.29. The Bertz CT molecular complexity index is 1050. The average molecular weight is 413 g/mol. The molecule has 1 fully saturated rings. The summed E-state index contributed by atoms with van der Waals surface area (Å²) in [6.07, 6.45) is 1.60. The van der Waals surface area contributed by atoms with E-state index >= 15 is 0 Å². The van der Waals surface area contributed by atoms with Crippen LogP contribution in [0.4, 0.5) is 5.69 Å². The van der Waals surface area contributed by atoms with Crippen molar-refractivity contribution in [2.75, 3.05) is 0 Å². The van der Waals surface area contributed by atoms with Crippen molar-refractivity contribution in [2.45, 2.75) is 31.1 Å². The molecule has 4 rings (SSSR count). The standard InChI is InChI=1S/C26H23NO4/c28-24(17-19-11-13-22(14-12-19)27(30)31)23-15-16-26(18-25(23)29,20-7-3-1-4-8-20)21-9-5-2-6-10-21/h1-14,23H,15-18H2. The first kappa shape index (κ1) is 20.7. The number of hydrogen-bond donors (Lipinski definition) is 0. The average Bonchev–Trinajstić information content (AvgIpc) is 2.80. The zero-order chi connectivity index (χ0) is 21.8. The van der Waals surface area contributed by atoms with Crippen molar-refractivity contribution in [3.8, 4) is 0 Å². The predicted molar refractivity (Wildman–Crippen MR) is 118 cm³/mol. The summed E-state index contributed by atoms with van der Waals surface area (Å²) < 4.78 is 0. The van der Waals surface area contributed by atoms with Crippen molar-refractivity contribution < 1.29 is 14.5 Å². The van der Waals surface area contributed by atoms with Gasteiger partial charge in [0.15, 0.2) is 0 Å². The van der Waals surface area contributed by atoms with Crippen molar-refractivity contribution in [3.05, 3.63) is 112 Å². The lowest BCUT2D eigenvalue weighted by molar-refractivity contribution is -0.384. The molecular formula is C26H23NO4. The molecule has 5 heteroatoms. The highest BCUT2D eigenvalue weighted by Crippen LogP contribution is 2.45. The molecule has 0 bridgehead atoms. The van der Waals surface area contributed by atoms with Gasteiger partial charge in [0.2, 0.25) is 0 Å². The predicted octanol–water partition coefficient (Wildman–Crippen LogP) is 5.06. The third kappa shape index (κ3) is 4.17. The monoisotopic (exact) mass is 413 g/mol. The number of ketones is 2. The minimum absolute atomic E-state index is 0.0135. The molecule has 1 unspecified atom stereocenters. The number of carbonyl (C=O) groups excluding carboxylic acids is 2. The smallest absolute Gasteiger partial charge is 0.269 e. The van der Waals surface area contributed by atoms with Crippen LogP contribution in [-0.4, -0.2) is 16.5 Å². The van der Waals surface area contributed by atoms with Crippen molar-refractivity contribution in [1.29, 1.82) is 0 Å². The van der Waals surface area contributed by atoms with Crippen LogP contribution in [0.2, 0.25) is 0 Å². The Hall–Kier alpha value is -3.60. The van der Waals surface area contributed by atoms with Gasteiger partial charge < -0.3 is 0 Å². The summed E-state index contributed by atoms with van der Waals surface area (Å²) in [6, 6.07) is 26.0. The molecule has 0 radical (unpaired) electrons. The maximum absolute atomic E-state index is 13.2. The summed E-state index contributed by atoms with van der Waals surface area (Å²) in [5, 5.41) is 10.8. The second-order valence-electron chi connectivity index (χ2n) is 8.12. The van der Waals surface area contributed by atoms with Gasteiger partial charge in [-0.25, -0.2) is 0 Å². The lowest BCUT2D eigenvalue weighted by Gasteiger charge is -2.40. The zero-order valence-electron chi connectivity index (χ0n) is 17.1. The van der Waals surface area contributed by atoms with Gasteiger partial charge in [0.05, 0.1) is 10.8 Å². The van der Waals surface area contributed by atoms with Crippen LogP contribution in [0, 0.1) is 16.0 Å². The maximum Gasteiger partial charge on any atom is 0.269 e. The first-order valence-electron chi connectivity index (χ1n) is 10.4. The van der Waals surface area contributed by atoms with E-state index in [1.54, 1.807) is 12.1 Å². The highest BCUT2D eigenvalue weighted by molar-refractivity contribution is 6.04. The largest absolute Gasteiger partial charge is 0.299 e. The van der Waals surface area contributed by atoms with E-state index in [0.29, 0.717) is 18.4 Å². The number of hydrogen-bond acceptors (Lipinski definition) is 4. The van der Waals surface area contributed by atoms with E-state index in [2.05, 4.69) is 24.3 Å². The van der Waals surface area contributed by atoms with E-state index in [1.165, 1.54) is 12.1 Å². The van der Waals surface area contributed by atoms with Crippen LogP contribution in [0.1, 0.15) is 36.0 Å². The number of Topliss-reactive ketones (excluding diaryl/α,β-unsaturated/α-hetero) is 2. The Balaban J connectivity index is 1.55. The van der Waals surface area contributed by atoms with E-state index in [0.717, 1.165) is 11.1 Å². The lowest BCUT2D eigenvalue weighted by atomic mass is 9.62. The van der Waals surface area contributed by atoms with E-state index < -0.39 is 16.3 Å². The van der Waals surface area contributed by atoms with Crippen molar-refractivity contribution in [3.63, 3.8) is 0 Å². The Morgan fingerprint density at radius 1 is 0.903 bits per heavy atom. The molecule has 0 amide bonds. The van der Waals surface area contributed by atoms with Gasteiger partial charge in [0.25, 0.3) is 5.69 Å². The van der Waals surface area contributed by atoms with E-state index in [9.17, 15) is 19.7 Å². The van der Waals surface area contributed by atoms with E-state index in [-0.39, 0.29) is 30.1 Å². The van der Waals surface area contributed by atoms with Crippen LogP contribution in [0.15, 0.2) is 84.9 Å². The minimum Gasteiger partial charge on any atom is -0.299 e. The summed E-state index contributed by atoms with van der Waals surface area (Å²) in [5.41, 5.74) is 2.43. The van der Waals surface area contributed by atoms with Gasteiger partial charge >= 0.3 is 0 Å². The van der Waals surface area contributed by atoms with Crippen molar-refractivity contribution in [1.82, 2.24) is 0 Å². The molecule has 1 aliphatic rings. The van der Waals surface area contributed by atoms with Crippen molar-refractivity contribution >= 4 is 17.3 Å². The first-order chi connectivity index (χ1) is 15.0. The summed E-state index contributed by atoms with van der Waals surface area (Å²) in [6.45, 7) is 0. The second-order valence-corrected chi connectivity index (χ2v) is 8.12. The topological polar surface area (TPSA) is 77.3 Å². The SMILES string of the molecule is O=C(Cc1ccc([N+](=O)[O-])cc1)C1CCC(c2ccccc2)(c2ccccc2)CC1=O. The van der Waals surface area contributed by atoms with Gasteiger partial charge in [0.1, 0.15) is 11.6 Å². The quantitative estimate of drug-likeness (QED) is 0.321. The molecule has 3 aromatic rings. The molecule has 0 saturated heterocycles. The molecule has 0 aromatic heterocycles. The Morgan fingerprint density at radius 2 is 1.45 bits per heavy atom. The number of nitro groups is 1. The molecule has 1 aliphatic carbocycles. The summed E-state index contributed by atoms with van der Waals surface area (Å²) in [7, 11) is 0. The van der Waals surface area contributed by atoms with Crippen molar-refractivity contribution in [2.24, 2.45) is 5.92 Å². The van der Waals surface area contributed by atoms with Crippen LogP contribution < -0.4 is 0 Å². The molecule has 5 nitrogen and oxygen atoms in total. The lowest BCUT2D eigenvalue weighted by Crippen LogP contribution is -2.41. The number of non-ortho nitro benzene ring substituents is 1. The summed E-state index contributed by atoms with van der Waals surface area (Å²) in [4.78, 5) is 36.5. The van der Waals surface area contributed by atoms with E-state index in [4.69, 9.17) is 0 Å². The second kappa shape index (κ2) is 8.64. The molecule has 156 valence electrons. The van der Waals surface area contributed by atoms with Gasteiger partial charge in [0, 0.05) is 30.4 Å². The van der Waals surface area contributed by atoms with Crippen LogP contribution in [0.5, 0.6) is 0 Å². The number of rotatable bonds is 6. The molecule has 0 heterocycles. The van der Waals surface area contributed by atoms with Gasteiger partial charge in [-0.3, -0.25) is 19.7 Å². The van der Waals surface area contributed by atoms with Crippen LogP contribution in [-0.2, 0) is 21.4 Å². The molecule has 0 spiro atoms. The maximum atomic E-state index is 13.2. The van der Waals surface area contributed by atoms with Gasteiger partial charge in [-0.1, -0.05) is 72.8 Å². The fraction of sp³-hybridized carbons (Fsp3) is 0.231. The van der Waals surface area contributed by atoms with Gasteiger partial charge in [-0.05, 0) is 29.5 Å². The number of benzene rings is 3. The first-order valence-corrected chi connectivity index (χ1v) is 10.4. The molecule has 1 saturated carbocycles. The molecule has 1 atom stereocenters. The highest BCUT2D eigenvalue weighted by atomic mass is 16.6. The number of nitrogens with zero attached hydrogens (tertiary/aromatic N) is 1. The van der Waals surface area contributed by atoms with Crippen LogP contribution >= 0.6 is 0 Å². The fourth-order valence-corrected chi connectivity index (χ4v) is 4.64. The van der Waals surface area contributed by atoms with Gasteiger partial charge in [-0.2, -0.15) is 0 Å². The molecule has 0 aliphatic heterocycles. The van der Waals surface area contributed by atoms with Gasteiger partial charge in [-0.15, -0.1) is 0 Å².